The Labute approximate surface area is 167 Å². The predicted octanol–water partition coefficient (Wildman–Crippen LogP) is 2.55. The molecule has 0 aliphatic carbocycles. The Bertz CT molecular complexity index is 900. The first-order valence-corrected chi connectivity index (χ1v) is 9.29. The van der Waals surface area contributed by atoms with Gasteiger partial charge in [-0.2, -0.15) is 0 Å². The molecule has 0 unspecified atom stereocenters. The van der Waals surface area contributed by atoms with Crippen LogP contribution in [0.4, 0.5) is 14.5 Å². The molecule has 1 N–H and O–H groups in total. The molecule has 8 heteroatoms. The predicted molar refractivity (Wildman–Crippen MR) is 103 cm³/mol. The molecule has 0 radical (unpaired) electrons. The Morgan fingerprint density at radius 2 is 1.55 bits per heavy atom. The van der Waals surface area contributed by atoms with Gasteiger partial charge in [0.15, 0.2) is 0 Å². The molecule has 3 amide bonds. The average molecular weight is 401 g/mol. The van der Waals surface area contributed by atoms with Crippen molar-refractivity contribution >= 4 is 23.4 Å². The summed E-state index contributed by atoms with van der Waals surface area (Å²) in [5, 5.41) is 2.65. The monoisotopic (exact) mass is 401 g/mol. The van der Waals surface area contributed by atoms with Gasteiger partial charge in [0.1, 0.15) is 17.7 Å². The van der Waals surface area contributed by atoms with Crippen LogP contribution in [0.3, 0.4) is 0 Å². The highest BCUT2D eigenvalue weighted by Gasteiger charge is 2.38. The lowest BCUT2D eigenvalue weighted by atomic mass is 10.1. The zero-order chi connectivity index (χ0) is 21.0. The normalized spacial score (nSPS) is 15.4. The molecular formula is C21H21F2N3O3. The second kappa shape index (κ2) is 8.81. The van der Waals surface area contributed by atoms with E-state index < -0.39 is 29.6 Å². The lowest BCUT2D eigenvalue weighted by Gasteiger charge is -2.37. The topological polar surface area (TPSA) is 69.7 Å². The maximum atomic E-state index is 13.0. The number of benzene rings is 2. The van der Waals surface area contributed by atoms with E-state index in [2.05, 4.69) is 5.32 Å². The second-order valence-electron chi connectivity index (χ2n) is 6.77. The van der Waals surface area contributed by atoms with Crippen molar-refractivity contribution in [3.8, 4) is 0 Å². The fraction of sp³-hybridized carbons (Fsp3) is 0.286. The van der Waals surface area contributed by atoms with Crippen LogP contribution in [0.2, 0.25) is 0 Å². The molecule has 2 aromatic rings. The summed E-state index contributed by atoms with van der Waals surface area (Å²) < 4.78 is 26.1. The number of anilines is 1. The van der Waals surface area contributed by atoms with Crippen LogP contribution in [-0.4, -0.2) is 46.7 Å². The third kappa shape index (κ3) is 4.77. The van der Waals surface area contributed by atoms with Gasteiger partial charge < -0.3 is 15.1 Å². The van der Waals surface area contributed by atoms with Crippen molar-refractivity contribution < 1.29 is 23.2 Å². The molecule has 3 rings (SSSR count). The summed E-state index contributed by atoms with van der Waals surface area (Å²) in [7, 11) is 0. The van der Waals surface area contributed by atoms with Gasteiger partial charge in [0.05, 0.1) is 0 Å². The van der Waals surface area contributed by atoms with E-state index in [0.717, 1.165) is 0 Å². The van der Waals surface area contributed by atoms with Crippen LogP contribution in [0.25, 0.3) is 0 Å². The van der Waals surface area contributed by atoms with Gasteiger partial charge in [-0.05, 0) is 48.4 Å². The first-order valence-electron chi connectivity index (χ1n) is 9.29. The molecule has 1 fully saturated rings. The molecule has 0 aromatic heterocycles. The van der Waals surface area contributed by atoms with Crippen LogP contribution in [0.15, 0.2) is 48.5 Å². The molecule has 0 spiro atoms. The Hall–Kier alpha value is -3.29. The smallest absolute Gasteiger partial charge is 0.312 e. The second-order valence-corrected chi connectivity index (χ2v) is 6.77. The van der Waals surface area contributed by atoms with Crippen LogP contribution < -0.4 is 5.32 Å². The molecule has 1 saturated heterocycles. The summed E-state index contributed by atoms with van der Waals surface area (Å²) in [6.07, 6.45) is 0.323. The van der Waals surface area contributed by atoms with Crippen molar-refractivity contribution in [2.75, 3.05) is 18.4 Å². The average Bonchev–Trinajstić information content (AvgIpc) is 2.71. The van der Waals surface area contributed by atoms with Crippen LogP contribution in [0.1, 0.15) is 18.9 Å². The molecule has 2 aromatic carbocycles. The van der Waals surface area contributed by atoms with Gasteiger partial charge >= 0.3 is 11.8 Å². The van der Waals surface area contributed by atoms with E-state index in [1.54, 1.807) is 19.1 Å². The molecule has 0 bridgehead atoms. The number of piperazine rings is 1. The third-order valence-electron chi connectivity index (χ3n) is 4.81. The standard InChI is InChI=1S/C21H21F2N3O3/c1-2-18(19(27)24-17-9-7-16(23)8-10-17)26-12-11-25(20(28)21(26)29)13-14-3-5-15(22)6-4-14/h3-10,18H,2,11-13H2,1H3,(H,24,27)/t18-/m1/s1. The van der Waals surface area contributed by atoms with Crippen LogP contribution >= 0.6 is 0 Å². The van der Waals surface area contributed by atoms with Crippen molar-refractivity contribution in [3.63, 3.8) is 0 Å². The quantitative estimate of drug-likeness (QED) is 0.757. The summed E-state index contributed by atoms with van der Waals surface area (Å²) in [5.41, 5.74) is 1.12. The SMILES string of the molecule is CC[C@H](C(=O)Nc1ccc(F)cc1)N1CCN(Cc2ccc(F)cc2)C(=O)C1=O. The van der Waals surface area contributed by atoms with E-state index >= 15 is 0 Å². The Morgan fingerprint density at radius 3 is 2.14 bits per heavy atom. The van der Waals surface area contributed by atoms with Gasteiger partial charge in [0, 0.05) is 25.3 Å². The summed E-state index contributed by atoms with van der Waals surface area (Å²) in [5.74, 6) is -2.69. The van der Waals surface area contributed by atoms with E-state index in [4.69, 9.17) is 0 Å². The van der Waals surface area contributed by atoms with E-state index in [1.165, 1.54) is 46.2 Å². The summed E-state index contributed by atoms with van der Waals surface area (Å²) in [4.78, 5) is 40.4. The van der Waals surface area contributed by atoms with E-state index in [-0.39, 0.29) is 25.5 Å². The van der Waals surface area contributed by atoms with Crippen molar-refractivity contribution in [3.05, 3.63) is 65.7 Å². The number of carbonyl (C=O) groups excluding carboxylic acids is 3. The molecule has 1 atom stereocenters. The highest BCUT2D eigenvalue weighted by Crippen LogP contribution is 2.17. The van der Waals surface area contributed by atoms with Crippen molar-refractivity contribution in [2.24, 2.45) is 0 Å². The fourth-order valence-electron chi connectivity index (χ4n) is 3.25. The zero-order valence-corrected chi connectivity index (χ0v) is 15.9. The fourth-order valence-corrected chi connectivity index (χ4v) is 3.25. The minimum Gasteiger partial charge on any atom is -0.328 e. The van der Waals surface area contributed by atoms with Crippen molar-refractivity contribution in [1.29, 1.82) is 0 Å². The maximum absolute atomic E-state index is 13.0. The van der Waals surface area contributed by atoms with Crippen molar-refractivity contribution in [2.45, 2.75) is 25.9 Å². The lowest BCUT2D eigenvalue weighted by Crippen LogP contribution is -2.59. The molecule has 29 heavy (non-hydrogen) atoms. The van der Waals surface area contributed by atoms with E-state index in [1.807, 2.05) is 0 Å². The van der Waals surface area contributed by atoms with Gasteiger partial charge in [-0.1, -0.05) is 19.1 Å². The van der Waals surface area contributed by atoms with Gasteiger partial charge in [-0.25, -0.2) is 8.78 Å². The molecular weight excluding hydrogens is 380 g/mol. The number of amides is 3. The van der Waals surface area contributed by atoms with Crippen LogP contribution in [0.5, 0.6) is 0 Å². The molecule has 1 aliphatic rings. The zero-order valence-electron chi connectivity index (χ0n) is 15.9. The lowest BCUT2D eigenvalue weighted by molar-refractivity contribution is -0.159. The van der Waals surface area contributed by atoms with Crippen LogP contribution in [0, 0.1) is 11.6 Å². The number of rotatable bonds is 6. The van der Waals surface area contributed by atoms with Gasteiger partial charge in [0.25, 0.3) is 0 Å². The highest BCUT2D eigenvalue weighted by atomic mass is 19.1. The van der Waals surface area contributed by atoms with E-state index in [9.17, 15) is 23.2 Å². The number of hydrogen-bond acceptors (Lipinski definition) is 3. The third-order valence-corrected chi connectivity index (χ3v) is 4.81. The summed E-state index contributed by atoms with van der Waals surface area (Å²) >= 11 is 0. The van der Waals surface area contributed by atoms with E-state index in [0.29, 0.717) is 17.7 Å². The molecule has 0 saturated carbocycles. The molecule has 1 heterocycles. The number of hydrogen-bond donors (Lipinski definition) is 1. The summed E-state index contributed by atoms with van der Waals surface area (Å²) in [6, 6.07) is 10.2. The van der Waals surface area contributed by atoms with Crippen molar-refractivity contribution in [1.82, 2.24) is 9.80 Å². The Morgan fingerprint density at radius 1 is 0.966 bits per heavy atom. The number of carbonyl (C=O) groups is 3. The van der Waals surface area contributed by atoms with Gasteiger partial charge in [-0.3, -0.25) is 14.4 Å². The maximum Gasteiger partial charge on any atom is 0.312 e. The minimum absolute atomic E-state index is 0.192. The minimum atomic E-state index is -0.815. The summed E-state index contributed by atoms with van der Waals surface area (Å²) in [6.45, 7) is 2.41. The largest absolute Gasteiger partial charge is 0.328 e. The van der Waals surface area contributed by atoms with Gasteiger partial charge in [-0.15, -0.1) is 0 Å². The first kappa shape index (κ1) is 20.4. The molecule has 152 valence electrons. The molecule has 6 nitrogen and oxygen atoms in total. The number of halogens is 2. The number of nitrogens with zero attached hydrogens (tertiary/aromatic N) is 2. The first-order chi connectivity index (χ1) is 13.9. The Balaban J connectivity index is 1.66. The Kier molecular flexibility index (Phi) is 6.21. The van der Waals surface area contributed by atoms with Crippen LogP contribution in [-0.2, 0) is 20.9 Å². The number of nitrogens with one attached hydrogen (secondary N) is 1. The molecule has 1 aliphatic heterocycles. The highest BCUT2D eigenvalue weighted by molar-refractivity contribution is 6.35. The van der Waals surface area contributed by atoms with Gasteiger partial charge in [0.2, 0.25) is 5.91 Å².